The zero-order valence-electron chi connectivity index (χ0n) is 15.5. The van der Waals surface area contributed by atoms with E-state index in [1.807, 2.05) is 0 Å². The molecule has 0 aliphatic rings. The number of aromatic nitrogens is 1. The van der Waals surface area contributed by atoms with E-state index in [0.717, 1.165) is 0 Å². The third kappa shape index (κ3) is 3.99. The first kappa shape index (κ1) is 19.4. The van der Waals surface area contributed by atoms with Crippen LogP contribution in [-0.2, 0) is 14.8 Å². The Morgan fingerprint density at radius 2 is 1.86 bits per heavy atom. The zero-order valence-corrected chi connectivity index (χ0v) is 16.3. The van der Waals surface area contributed by atoms with Crippen LogP contribution in [0.15, 0.2) is 57.9 Å². The Hall–Kier alpha value is -3.33. The number of ether oxygens (including phenoxy) is 1. The Bertz CT molecular complexity index is 1110. The van der Waals surface area contributed by atoms with Gasteiger partial charge in [0.2, 0.25) is 11.8 Å². The molecule has 1 aromatic heterocycles. The monoisotopic (exact) mass is 401 g/mol. The van der Waals surface area contributed by atoms with Crippen molar-refractivity contribution >= 4 is 27.5 Å². The molecular weight excluding hydrogens is 382 g/mol. The van der Waals surface area contributed by atoms with Gasteiger partial charge in [-0.2, -0.15) is 0 Å². The molecule has 0 atom stereocenters. The van der Waals surface area contributed by atoms with Crippen LogP contribution in [0, 0.1) is 6.92 Å². The van der Waals surface area contributed by atoms with Gasteiger partial charge in [0.15, 0.2) is 0 Å². The van der Waals surface area contributed by atoms with Crippen LogP contribution in [0.4, 0.5) is 11.6 Å². The minimum Gasteiger partial charge on any atom is -0.495 e. The first-order valence-corrected chi connectivity index (χ1v) is 9.80. The van der Waals surface area contributed by atoms with E-state index in [1.165, 1.54) is 20.1 Å². The molecule has 0 aliphatic carbocycles. The summed E-state index contributed by atoms with van der Waals surface area (Å²) in [5.41, 5.74) is 1.94. The summed E-state index contributed by atoms with van der Waals surface area (Å²) in [4.78, 5) is 11.4. The molecule has 2 N–H and O–H groups in total. The summed E-state index contributed by atoms with van der Waals surface area (Å²) < 4.78 is 38.8. The first-order valence-electron chi connectivity index (χ1n) is 8.32. The molecule has 2 aromatic carbocycles. The molecule has 0 saturated carbocycles. The smallest absolute Gasteiger partial charge is 0.265 e. The summed E-state index contributed by atoms with van der Waals surface area (Å²) in [6.45, 7) is 3.04. The van der Waals surface area contributed by atoms with Crippen molar-refractivity contribution in [2.45, 2.75) is 18.7 Å². The van der Waals surface area contributed by atoms with Crippen LogP contribution in [0.25, 0.3) is 11.1 Å². The lowest BCUT2D eigenvalue weighted by Gasteiger charge is -2.13. The van der Waals surface area contributed by atoms with E-state index in [2.05, 4.69) is 15.2 Å². The van der Waals surface area contributed by atoms with Gasteiger partial charge in [-0.1, -0.05) is 29.4 Å². The topological polar surface area (TPSA) is 111 Å². The van der Waals surface area contributed by atoms with Gasteiger partial charge in [0.05, 0.1) is 18.4 Å². The SMILES string of the molecule is COc1ccc(-c2c(C)noc2NC(C)=O)cc1S(=O)(=O)Nc1ccccc1. The van der Waals surface area contributed by atoms with Crippen molar-refractivity contribution in [2.75, 3.05) is 17.1 Å². The number of nitrogens with zero attached hydrogens (tertiary/aromatic N) is 1. The number of carbonyl (C=O) groups excluding carboxylic acids is 1. The van der Waals surface area contributed by atoms with E-state index >= 15 is 0 Å². The largest absolute Gasteiger partial charge is 0.495 e. The fourth-order valence-electron chi connectivity index (χ4n) is 2.71. The maximum atomic E-state index is 13.0. The van der Waals surface area contributed by atoms with Gasteiger partial charge in [0.25, 0.3) is 10.0 Å². The number of sulfonamides is 1. The van der Waals surface area contributed by atoms with Gasteiger partial charge in [0.1, 0.15) is 10.6 Å². The number of hydrogen-bond donors (Lipinski definition) is 2. The third-order valence-corrected chi connectivity index (χ3v) is 5.32. The highest BCUT2D eigenvalue weighted by molar-refractivity contribution is 7.92. The number of rotatable bonds is 6. The second-order valence-electron chi connectivity index (χ2n) is 5.99. The van der Waals surface area contributed by atoms with Crippen molar-refractivity contribution in [1.29, 1.82) is 0 Å². The molecular formula is C19H19N3O5S. The van der Waals surface area contributed by atoms with E-state index in [9.17, 15) is 13.2 Å². The Morgan fingerprint density at radius 1 is 1.14 bits per heavy atom. The lowest BCUT2D eigenvalue weighted by atomic mass is 10.1. The molecule has 0 spiro atoms. The van der Waals surface area contributed by atoms with E-state index in [-0.39, 0.29) is 22.4 Å². The van der Waals surface area contributed by atoms with Gasteiger partial charge < -0.3 is 9.26 Å². The lowest BCUT2D eigenvalue weighted by Crippen LogP contribution is -2.14. The maximum Gasteiger partial charge on any atom is 0.265 e. The number of methoxy groups -OCH3 is 1. The van der Waals surface area contributed by atoms with Gasteiger partial charge in [-0.15, -0.1) is 0 Å². The molecule has 146 valence electrons. The van der Waals surface area contributed by atoms with Crippen molar-refractivity contribution in [3.8, 4) is 16.9 Å². The van der Waals surface area contributed by atoms with Gasteiger partial charge in [-0.25, -0.2) is 8.42 Å². The molecule has 0 unspecified atom stereocenters. The number of para-hydroxylation sites is 1. The fraction of sp³-hybridized carbons (Fsp3) is 0.158. The predicted molar refractivity (Wildman–Crippen MR) is 105 cm³/mol. The Balaban J connectivity index is 2.09. The molecule has 3 aromatic rings. The second kappa shape index (κ2) is 7.73. The van der Waals surface area contributed by atoms with Crippen molar-refractivity contribution in [3.05, 3.63) is 54.2 Å². The lowest BCUT2D eigenvalue weighted by molar-refractivity contribution is -0.114. The molecule has 28 heavy (non-hydrogen) atoms. The molecule has 1 amide bonds. The number of carbonyl (C=O) groups is 1. The molecule has 0 saturated heterocycles. The Morgan fingerprint density at radius 3 is 2.50 bits per heavy atom. The fourth-order valence-corrected chi connectivity index (χ4v) is 3.97. The highest BCUT2D eigenvalue weighted by Crippen LogP contribution is 2.36. The number of hydrogen-bond acceptors (Lipinski definition) is 6. The summed E-state index contributed by atoms with van der Waals surface area (Å²) in [5, 5.41) is 6.42. The molecule has 8 nitrogen and oxygen atoms in total. The van der Waals surface area contributed by atoms with E-state index in [0.29, 0.717) is 22.5 Å². The predicted octanol–water partition coefficient (Wildman–Crippen LogP) is 3.42. The normalized spacial score (nSPS) is 11.1. The average Bonchev–Trinajstić information content (AvgIpc) is 3.01. The minimum absolute atomic E-state index is 0.0503. The standard InChI is InChI=1S/C19H19N3O5S/c1-12-18(19(27-21-12)20-13(2)23)14-9-10-16(26-3)17(11-14)28(24,25)22-15-7-5-4-6-8-15/h4-11,22H,1-3H3,(H,20,23). The summed E-state index contributed by atoms with van der Waals surface area (Å²) >= 11 is 0. The number of nitrogens with one attached hydrogen (secondary N) is 2. The quantitative estimate of drug-likeness (QED) is 0.655. The van der Waals surface area contributed by atoms with Crippen LogP contribution in [0.2, 0.25) is 0 Å². The Labute approximate surface area is 162 Å². The van der Waals surface area contributed by atoms with Crippen LogP contribution in [0.1, 0.15) is 12.6 Å². The molecule has 1 heterocycles. The van der Waals surface area contributed by atoms with E-state index in [4.69, 9.17) is 9.26 Å². The first-order chi connectivity index (χ1) is 13.3. The van der Waals surface area contributed by atoms with E-state index in [1.54, 1.807) is 49.4 Å². The summed E-state index contributed by atoms with van der Waals surface area (Å²) in [6.07, 6.45) is 0. The third-order valence-electron chi connectivity index (χ3n) is 3.92. The summed E-state index contributed by atoms with van der Waals surface area (Å²) in [7, 11) is -2.54. The number of benzene rings is 2. The van der Waals surface area contributed by atoms with Crippen LogP contribution < -0.4 is 14.8 Å². The molecule has 0 bridgehead atoms. The van der Waals surface area contributed by atoms with Crippen molar-refractivity contribution < 1.29 is 22.5 Å². The summed E-state index contributed by atoms with van der Waals surface area (Å²) in [5.74, 6) is 0.00130. The minimum atomic E-state index is -3.93. The highest BCUT2D eigenvalue weighted by Gasteiger charge is 2.23. The van der Waals surface area contributed by atoms with Gasteiger partial charge in [-0.3, -0.25) is 14.8 Å². The van der Waals surface area contributed by atoms with Gasteiger partial charge in [-0.05, 0) is 36.8 Å². The van der Waals surface area contributed by atoms with Crippen LogP contribution in [0.5, 0.6) is 5.75 Å². The van der Waals surface area contributed by atoms with Crippen LogP contribution in [0.3, 0.4) is 0 Å². The van der Waals surface area contributed by atoms with Gasteiger partial charge >= 0.3 is 0 Å². The van der Waals surface area contributed by atoms with Gasteiger partial charge in [0, 0.05) is 12.6 Å². The summed E-state index contributed by atoms with van der Waals surface area (Å²) in [6, 6.07) is 13.2. The molecule has 9 heteroatoms. The molecule has 0 radical (unpaired) electrons. The highest BCUT2D eigenvalue weighted by atomic mass is 32.2. The van der Waals surface area contributed by atoms with E-state index < -0.39 is 10.0 Å². The molecule has 0 fully saturated rings. The second-order valence-corrected chi connectivity index (χ2v) is 7.64. The molecule has 3 rings (SSSR count). The number of amides is 1. The van der Waals surface area contributed by atoms with Crippen LogP contribution in [-0.4, -0.2) is 26.6 Å². The van der Waals surface area contributed by atoms with Crippen molar-refractivity contribution in [2.24, 2.45) is 0 Å². The molecule has 0 aliphatic heterocycles. The Kier molecular flexibility index (Phi) is 5.36. The van der Waals surface area contributed by atoms with Crippen molar-refractivity contribution in [1.82, 2.24) is 5.16 Å². The maximum absolute atomic E-state index is 13.0. The number of anilines is 2. The van der Waals surface area contributed by atoms with Crippen LogP contribution >= 0.6 is 0 Å². The van der Waals surface area contributed by atoms with Crippen molar-refractivity contribution in [3.63, 3.8) is 0 Å². The number of aryl methyl sites for hydroxylation is 1. The average molecular weight is 401 g/mol. The zero-order chi connectivity index (χ0) is 20.3.